The zero-order valence-corrected chi connectivity index (χ0v) is 18.2. The van der Waals surface area contributed by atoms with Gasteiger partial charge in [0.2, 0.25) is 5.91 Å². The van der Waals surface area contributed by atoms with Crippen LogP contribution in [-0.4, -0.2) is 55.4 Å². The van der Waals surface area contributed by atoms with Crippen LogP contribution in [0.25, 0.3) is 0 Å². The van der Waals surface area contributed by atoms with Crippen LogP contribution < -0.4 is 14.8 Å². The molecule has 1 atom stereocenters. The van der Waals surface area contributed by atoms with Gasteiger partial charge in [-0.25, -0.2) is 0 Å². The highest BCUT2D eigenvalue weighted by Gasteiger charge is 2.21. The first-order valence-electron chi connectivity index (χ1n) is 10.8. The number of benzene rings is 2. The van der Waals surface area contributed by atoms with E-state index < -0.39 is 0 Å². The second kappa shape index (κ2) is 10.7. The van der Waals surface area contributed by atoms with Gasteiger partial charge in [0, 0.05) is 18.3 Å². The number of likely N-dealkylation sites (tertiary alicyclic amines) is 1. The van der Waals surface area contributed by atoms with Crippen molar-refractivity contribution in [1.29, 1.82) is 0 Å². The summed E-state index contributed by atoms with van der Waals surface area (Å²) >= 11 is 1.66. The molecule has 1 N–H and O–H groups in total. The maximum Gasteiger partial charge on any atom is 0.230 e. The van der Waals surface area contributed by atoms with Gasteiger partial charge >= 0.3 is 0 Å². The fourth-order valence-electron chi connectivity index (χ4n) is 4.04. The van der Waals surface area contributed by atoms with E-state index in [9.17, 15) is 4.79 Å². The zero-order chi connectivity index (χ0) is 20.6. The van der Waals surface area contributed by atoms with Crippen LogP contribution in [0.4, 0.5) is 0 Å². The van der Waals surface area contributed by atoms with E-state index in [-0.39, 0.29) is 11.9 Å². The third-order valence-electron chi connectivity index (χ3n) is 5.48. The molecule has 1 amide bonds. The lowest BCUT2D eigenvalue weighted by atomic mass is 10.0. The van der Waals surface area contributed by atoms with Crippen LogP contribution in [0.5, 0.6) is 11.5 Å². The Morgan fingerprint density at radius 3 is 2.57 bits per heavy atom. The molecule has 1 saturated heterocycles. The van der Waals surface area contributed by atoms with Crippen molar-refractivity contribution in [3.8, 4) is 11.5 Å². The third kappa shape index (κ3) is 6.16. The van der Waals surface area contributed by atoms with Crippen molar-refractivity contribution in [1.82, 2.24) is 10.2 Å². The van der Waals surface area contributed by atoms with E-state index >= 15 is 0 Å². The Hall–Kier alpha value is -2.18. The zero-order valence-electron chi connectivity index (χ0n) is 17.3. The normalized spacial score (nSPS) is 16.9. The van der Waals surface area contributed by atoms with Crippen molar-refractivity contribution in [2.75, 3.05) is 38.6 Å². The SMILES string of the molecule is O=C(CSCc1ccccc1)N[C@@H](Cc1ccc2c(c1)OCCO2)CN1CCCC1. The van der Waals surface area contributed by atoms with E-state index in [1.54, 1.807) is 11.8 Å². The summed E-state index contributed by atoms with van der Waals surface area (Å²) in [7, 11) is 0. The molecule has 4 rings (SSSR count). The highest BCUT2D eigenvalue weighted by atomic mass is 32.2. The third-order valence-corrected chi connectivity index (χ3v) is 6.48. The number of amides is 1. The standard InChI is InChI=1S/C24H30N2O3S/c27-24(18-30-17-19-6-2-1-3-7-19)25-21(16-26-10-4-5-11-26)14-20-8-9-22-23(15-20)29-13-12-28-22/h1-3,6-9,15,21H,4-5,10-14,16-18H2,(H,25,27)/t21-/m0/s1. The average molecular weight is 427 g/mol. The van der Waals surface area contributed by atoms with Crippen molar-refractivity contribution in [2.24, 2.45) is 0 Å². The molecule has 2 heterocycles. The fourth-order valence-corrected chi connectivity index (χ4v) is 4.84. The lowest BCUT2D eigenvalue weighted by Gasteiger charge is -2.25. The minimum absolute atomic E-state index is 0.0930. The van der Waals surface area contributed by atoms with Crippen molar-refractivity contribution >= 4 is 17.7 Å². The molecule has 1 fully saturated rings. The van der Waals surface area contributed by atoms with Gasteiger partial charge in [-0.15, -0.1) is 11.8 Å². The molecule has 2 aliphatic heterocycles. The number of rotatable bonds is 9. The number of nitrogens with one attached hydrogen (secondary N) is 1. The Bertz CT molecular complexity index is 824. The summed E-state index contributed by atoms with van der Waals surface area (Å²) in [4.78, 5) is 15.1. The summed E-state index contributed by atoms with van der Waals surface area (Å²) in [6.07, 6.45) is 3.29. The molecule has 0 aliphatic carbocycles. The molecule has 0 bridgehead atoms. The van der Waals surface area contributed by atoms with Crippen molar-refractivity contribution in [3.05, 3.63) is 59.7 Å². The van der Waals surface area contributed by atoms with Crippen LogP contribution in [-0.2, 0) is 17.0 Å². The summed E-state index contributed by atoms with van der Waals surface area (Å²) in [5.74, 6) is 3.06. The van der Waals surface area contributed by atoms with Gasteiger partial charge in [-0.05, 0) is 55.6 Å². The highest BCUT2D eigenvalue weighted by molar-refractivity contribution is 7.99. The molecule has 0 saturated carbocycles. The Labute approximate surface area is 183 Å². The summed E-state index contributed by atoms with van der Waals surface area (Å²) in [5.41, 5.74) is 2.42. The molecule has 6 heteroatoms. The summed E-state index contributed by atoms with van der Waals surface area (Å²) in [5, 5.41) is 3.29. The van der Waals surface area contributed by atoms with Crippen LogP contribution in [0.3, 0.4) is 0 Å². The van der Waals surface area contributed by atoms with E-state index in [0.717, 1.165) is 43.3 Å². The van der Waals surface area contributed by atoms with E-state index in [1.807, 2.05) is 24.3 Å². The van der Waals surface area contributed by atoms with Gasteiger partial charge in [0.1, 0.15) is 13.2 Å². The van der Waals surface area contributed by atoms with E-state index in [1.165, 1.54) is 24.0 Å². The molecule has 2 aromatic carbocycles. The lowest BCUT2D eigenvalue weighted by molar-refractivity contribution is -0.119. The molecule has 5 nitrogen and oxygen atoms in total. The average Bonchev–Trinajstić information content (AvgIpc) is 3.27. The molecular formula is C24H30N2O3S. The van der Waals surface area contributed by atoms with Gasteiger partial charge in [0.25, 0.3) is 0 Å². The number of carbonyl (C=O) groups is 1. The van der Waals surface area contributed by atoms with Crippen molar-refractivity contribution in [3.63, 3.8) is 0 Å². The highest BCUT2D eigenvalue weighted by Crippen LogP contribution is 2.31. The smallest absolute Gasteiger partial charge is 0.230 e. The molecule has 2 aliphatic rings. The van der Waals surface area contributed by atoms with Gasteiger partial charge in [0.05, 0.1) is 5.75 Å². The fraction of sp³-hybridized carbons (Fsp3) is 0.458. The first kappa shape index (κ1) is 21.1. The first-order valence-corrected chi connectivity index (χ1v) is 11.9. The Balaban J connectivity index is 1.33. The number of carbonyl (C=O) groups excluding carboxylic acids is 1. The summed E-state index contributed by atoms with van der Waals surface area (Å²) in [6.45, 7) is 4.32. The Morgan fingerprint density at radius 1 is 1.00 bits per heavy atom. The van der Waals surface area contributed by atoms with Crippen molar-refractivity contribution in [2.45, 2.75) is 31.1 Å². The number of thioether (sulfide) groups is 1. The molecule has 2 aromatic rings. The second-order valence-corrected chi connectivity index (χ2v) is 8.92. The monoisotopic (exact) mass is 426 g/mol. The van der Waals surface area contributed by atoms with Gasteiger partial charge in [-0.3, -0.25) is 4.79 Å². The molecule has 30 heavy (non-hydrogen) atoms. The van der Waals surface area contributed by atoms with Gasteiger partial charge in [-0.1, -0.05) is 36.4 Å². The summed E-state index contributed by atoms with van der Waals surface area (Å²) < 4.78 is 11.4. The van der Waals surface area contributed by atoms with Crippen LogP contribution in [0.15, 0.2) is 48.5 Å². The number of hydrogen-bond acceptors (Lipinski definition) is 5. The molecular weight excluding hydrogens is 396 g/mol. The second-order valence-electron chi connectivity index (χ2n) is 7.93. The predicted molar refractivity (Wildman–Crippen MR) is 121 cm³/mol. The first-order chi connectivity index (χ1) is 14.8. The van der Waals surface area contributed by atoms with Gasteiger partial charge < -0.3 is 19.7 Å². The van der Waals surface area contributed by atoms with Gasteiger partial charge in [-0.2, -0.15) is 0 Å². The van der Waals surface area contributed by atoms with E-state index in [0.29, 0.717) is 19.0 Å². The lowest BCUT2D eigenvalue weighted by Crippen LogP contribution is -2.45. The maximum atomic E-state index is 12.6. The van der Waals surface area contributed by atoms with Crippen LogP contribution in [0.2, 0.25) is 0 Å². The predicted octanol–water partition coefficient (Wildman–Crippen LogP) is 3.51. The molecule has 0 unspecified atom stereocenters. The van der Waals surface area contributed by atoms with Crippen LogP contribution >= 0.6 is 11.8 Å². The molecule has 0 spiro atoms. The number of ether oxygens (including phenoxy) is 2. The Kier molecular flexibility index (Phi) is 7.54. The van der Waals surface area contributed by atoms with Gasteiger partial charge in [0.15, 0.2) is 11.5 Å². The maximum absolute atomic E-state index is 12.6. The van der Waals surface area contributed by atoms with Crippen LogP contribution in [0, 0.1) is 0 Å². The van der Waals surface area contributed by atoms with Crippen LogP contribution in [0.1, 0.15) is 24.0 Å². The Morgan fingerprint density at radius 2 is 1.77 bits per heavy atom. The van der Waals surface area contributed by atoms with E-state index in [4.69, 9.17) is 9.47 Å². The number of hydrogen-bond donors (Lipinski definition) is 1. The molecule has 160 valence electrons. The largest absolute Gasteiger partial charge is 0.486 e. The van der Waals surface area contributed by atoms with Crippen molar-refractivity contribution < 1.29 is 14.3 Å². The minimum Gasteiger partial charge on any atom is -0.486 e. The number of fused-ring (bicyclic) bond motifs is 1. The topological polar surface area (TPSA) is 50.8 Å². The molecule has 0 aromatic heterocycles. The summed E-state index contributed by atoms with van der Waals surface area (Å²) in [6, 6.07) is 16.5. The number of nitrogens with zero attached hydrogens (tertiary/aromatic N) is 1. The van der Waals surface area contributed by atoms with E-state index in [2.05, 4.69) is 34.5 Å². The molecule has 0 radical (unpaired) electrons. The quantitative estimate of drug-likeness (QED) is 0.665. The minimum atomic E-state index is 0.0930.